The molecule has 30 heavy (non-hydrogen) atoms. The van der Waals surface area contributed by atoms with E-state index in [0.717, 1.165) is 16.8 Å². The van der Waals surface area contributed by atoms with Crippen LogP contribution >= 0.6 is 0 Å². The number of hydrogen-bond donors (Lipinski definition) is 0. The monoisotopic (exact) mass is 414 g/mol. The van der Waals surface area contributed by atoms with E-state index in [1.54, 1.807) is 4.90 Å². The summed E-state index contributed by atoms with van der Waals surface area (Å²) in [5.41, 5.74) is 1.98. The molecule has 0 spiro atoms. The maximum absolute atomic E-state index is 12.7. The molecule has 1 amide bonds. The Labute approximate surface area is 180 Å². The van der Waals surface area contributed by atoms with Crippen molar-refractivity contribution in [3.8, 4) is 12.3 Å². The average Bonchev–Trinajstić information content (AvgIpc) is 2.77. The van der Waals surface area contributed by atoms with Crippen LogP contribution in [0, 0.1) is 12.3 Å². The van der Waals surface area contributed by atoms with Crippen molar-refractivity contribution in [2.24, 2.45) is 0 Å². The number of rotatable bonds is 4. The lowest BCUT2D eigenvalue weighted by molar-refractivity contribution is -0.154. The highest BCUT2D eigenvalue weighted by Crippen LogP contribution is 2.28. The van der Waals surface area contributed by atoms with Crippen molar-refractivity contribution in [1.29, 1.82) is 0 Å². The summed E-state index contributed by atoms with van der Waals surface area (Å²) in [6.45, 7) is 13.2. The third kappa shape index (κ3) is 7.29. The Balaban J connectivity index is 2.20. The zero-order valence-electron chi connectivity index (χ0n) is 19.1. The first-order valence-electron chi connectivity index (χ1n) is 10.4. The molecular formula is C24H34N2O4. The van der Waals surface area contributed by atoms with Gasteiger partial charge in [0.1, 0.15) is 11.2 Å². The number of benzene rings is 1. The van der Waals surface area contributed by atoms with Gasteiger partial charge in [0.05, 0.1) is 13.1 Å². The fourth-order valence-electron chi connectivity index (χ4n) is 3.27. The molecule has 0 radical (unpaired) electrons. The Hall–Kier alpha value is -2.68. The quantitative estimate of drug-likeness (QED) is 0.547. The van der Waals surface area contributed by atoms with Crippen LogP contribution in [-0.2, 0) is 27.2 Å². The smallest absolute Gasteiger partial charge is 0.410 e. The van der Waals surface area contributed by atoms with E-state index in [4.69, 9.17) is 15.9 Å². The van der Waals surface area contributed by atoms with Crippen LogP contribution in [0.5, 0.6) is 0 Å². The highest BCUT2D eigenvalue weighted by molar-refractivity contribution is 5.71. The second kappa shape index (κ2) is 9.42. The van der Waals surface area contributed by atoms with Crippen molar-refractivity contribution >= 4 is 17.7 Å². The van der Waals surface area contributed by atoms with Crippen LogP contribution in [0.25, 0.3) is 0 Å². The van der Waals surface area contributed by atoms with Crippen molar-refractivity contribution in [1.82, 2.24) is 4.90 Å². The number of carbonyl (C=O) groups is 2. The molecule has 6 heteroatoms. The molecule has 1 aromatic rings. The molecule has 0 saturated carbocycles. The number of terminal acetylenes is 1. The number of fused-ring (bicyclic) bond motifs is 1. The van der Waals surface area contributed by atoms with Crippen LogP contribution in [0.2, 0.25) is 0 Å². The molecule has 0 unspecified atom stereocenters. The highest BCUT2D eigenvalue weighted by Gasteiger charge is 2.27. The van der Waals surface area contributed by atoms with Gasteiger partial charge in [0.15, 0.2) is 0 Å². The molecule has 0 bridgehead atoms. The predicted molar refractivity (Wildman–Crippen MR) is 118 cm³/mol. The normalized spacial score (nSPS) is 14.4. The van der Waals surface area contributed by atoms with Crippen LogP contribution < -0.4 is 4.90 Å². The lowest BCUT2D eigenvalue weighted by atomic mass is 10.0. The van der Waals surface area contributed by atoms with Crippen LogP contribution in [0.1, 0.15) is 59.1 Å². The van der Waals surface area contributed by atoms with E-state index in [1.165, 1.54) is 0 Å². The molecule has 0 aliphatic carbocycles. The van der Waals surface area contributed by atoms with Gasteiger partial charge in [0.25, 0.3) is 0 Å². The van der Waals surface area contributed by atoms with E-state index in [1.807, 2.05) is 59.7 Å². The van der Waals surface area contributed by atoms with E-state index in [0.29, 0.717) is 39.0 Å². The lowest BCUT2D eigenvalue weighted by Gasteiger charge is -2.26. The van der Waals surface area contributed by atoms with E-state index in [9.17, 15) is 9.59 Å². The number of carbonyl (C=O) groups excluding carboxylic acids is 2. The molecule has 6 nitrogen and oxygen atoms in total. The first-order chi connectivity index (χ1) is 13.9. The van der Waals surface area contributed by atoms with E-state index in [-0.39, 0.29) is 12.1 Å². The van der Waals surface area contributed by atoms with Gasteiger partial charge in [-0.05, 0) is 65.2 Å². The summed E-state index contributed by atoms with van der Waals surface area (Å²) >= 11 is 0. The molecule has 2 rings (SSSR count). The molecular weight excluding hydrogens is 380 g/mol. The molecule has 0 aromatic heterocycles. The molecule has 0 saturated heterocycles. The minimum absolute atomic E-state index is 0.221. The van der Waals surface area contributed by atoms with Crippen LogP contribution in [0.3, 0.4) is 0 Å². The SMILES string of the molecule is C#CCN1CCN(C(=O)OC(C)(C)C)Cc2cc(CCC(=O)OC(C)(C)C)ccc21. The first-order valence-corrected chi connectivity index (χ1v) is 10.4. The zero-order valence-corrected chi connectivity index (χ0v) is 19.1. The largest absolute Gasteiger partial charge is 0.460 e. The molecule has 0 N–H and O–H groups in total. The van der Waals surface area contributed by atoms with Gasteiger partial charge in [-0.2, -0.15) is 0 Å². The highest BCUT2D eigenvalue weighted by atomic mass is 16.6. The predicted octanol–water partition coefficient (Wildman–Crippen LogP) is 4.15. The molecule has 0 atom stereocenters. The van der Waals surface area contributed by atoms with Gasteiger partial charge in [-0.15, -0.1) is 6.42 Å². The van der Waals surface area contributed by atoms with Gasteiger partial charge in [-0.1, -0.05) is 18.1 Å². The van der Waals surface area contributed by atoms with Crippen molar-refractivity contribution in [3.63, 3.8) is 0 Å². The minimum Gasteiger partial charge on any atom is -0.460 e. The third-order valence-electron chi connectivity index (χ3n) is 4.46. The maximum atomic E-state index is 12.7. The summed E-state index contributed by atoms with van der Waals surface area (Å²) in [5, 5.41) is 0. The Morgan fingerprint density at radius 2 is 1.73 bits per heavy atom. The number of hydrogen-bond acceptors (Lipinski definition) is 5. The Bertz CT molecular complexity index is 812. The van der Waals surface area contributed by atoms with Gasteiger partial charge in [-0.3, -0.25) is 4.79 Å². The number of ether oxygens (including phenoxy) is 2. The summed E-state index contributed by atoms with van der Waals surface area (Å²) in [4.78, 5) is 28.5. The van der Waals surface area contributed by atoms with Crippen LogP contribution in [0.4, 0.5) is 10.5 Å². The summed E-state index contributed by atoms with van der Waals surface area (Å²) < 4.78 is 11.0. The van der Waals surface area contributed by atoms with Gasteiger partial charge in [-0.25, -0.2) is 4.79 Å². The second-order valence-corrected chi connectivity index (χ2v) is 9.58. The van der Waals surface area contributed by atoms with Crippen molar-refractivity contribution < 1.29 is 19.1 Å². The van der Waals surface area contributed by atoms with Crippen molar-refractivity contribution in [2.75, 3.05) is 24.5 Å². The molecule has 0 fully saturated rings. The van der Waals surface area contributed by atoms with E-state index < -0.39 is 11.2 Å². The van der Waals surface area contributed by atoms with Crippen molar-refractivity contribution in [2.45, 2.75) is 72.1 Å². The topological polar surface area (TPSA) is 59.1 Å². The molecule has 164 valence electrons. The number of aryl methyl sites for hydroxylation is 1. The fraction of sp³-hybridized carbons (Fsp3) is 0.583. The van der Waals surface area contributed by atoms with Gasteiger partial charge in [0, 0.05) is 25.2 Å². The standard InChI is InChI=1S/C24H34N2O4/c1-8-13-25-14-15-26(22(28)30-24(5,6)7)17-19-16-18(9-11-20(19)25)10-12-21(27)29-23(2,3)4/h1,9,11,16H,10,12-15,17H2,2-7H3. The second-order valence-electron chi connectivity index (χ2n) is 9.58. The Kier molecular flexibility index (Phi) is 7.41. The number of esters is 1. The van der Waals surface area contributed by atoms with E-state index in [2.05, 4.69) is 10.8 Å². The molecule has 1 aliphatic rings. The van der Waals surface area contributed by atoms with Crippen LogP contribution in [0.15, 0.2) is 18.2 Å². The lowest BCUT2D eigenvalue weighted by Crippen LogP contribution is -2.39. The average molecular weight is 415 g/mol. The fourth-order valence-corrected chi connectivity index (χ4v) is 3.27. The third-order valence-corrected chi connectivity index (χ3v) is 4.46. The molecule has 1 aromatic carbocycles. The maximum Gasteiger partial charge on any atom is 0.410 e. The minimum atomic E-state index is -0.556. The summed E-state index contributed by atoms with van der Waals surface area (Å²) in [5.74, 6) is 2.47. The summed E-state index contributed by atoms with van der Waals surface area (Å²) in [6, 6.07) is 6.08. The van der Waals surface area contributed by atoms with Gasteiger partial charge < -0.3 is 19.3 Å². The zero-order chi connectivity index (χ0) is 22.5. The number of anilines is 1. The molecule has 1 aliphatic heterocycles. The summed E-state index contributed by atoms with van der Waals surface area (Å²) in [7, 11) is 0. The molecule has 1 heterocycles. The van der Waals surface area contributed by atoms with Gasteiger partial charge >= 0.3 is 12.1 Å². The Morgan fingerprint density at radius 1 is 1.07 bits per heavy atom. The van der Waals surface area contributed by atoms with E-state index >= 15 is 0 Å². The Morgan fingerprint density at radius 3 is 2.33 bits per heavy atom. The van der Waals surface area contributed by atoms with Gasteiger partial charge in [0.2, 0.25) is 0 Å². The number of amides is 1. The van der Waals surface area contributed by atoms with Crippen LogP contribution in [-0.4, -0.2) is 47.8 Å². The first kappa shape index (κ1) is 23.6. The number of nitrogens with zero attached hydrogens (tertiary/aromatic N) is 2. The van der Waals surface area contributed by atoms with Crippen molar-refractivity contribution in [3.05, 3.63) is 29.3 Å². The summed E-state index contributed by atoms with van der Waals surface area (Å²) in [6.07, 6.45) is 6.10.